The Balaban J connectivity index is 1.27. The van der Waals surface area contributed by atoms with E-state index in [0.29, 0.717) is 12.4 Å². The van der Waals surface area contributed by atoms with Gasteiger partial charge in [0, 0.05) is 54.3 Å². The number of imidazole rings is 1. The zero-order chi connectivity index (χ0) is 20.6. The standard InChI is InChI=1S/C24H20N6O/c1-4-18(14-25-10-1)23-22(21-5-2-13-30(21)28-23)17-6-8-20(9-7-17)31-16-19-15-29-12-3-11-26-24(29)27-19/h1,3-4,6-12,14-15H,2,5,13,16H2. The molecule has 6 rings (SSSR count). The number of benzene rings is 1. The lowest BCUT2D eigenvalue weighted by Crippen LogP contribution is -1.95. The molecule has 0 amide bonds. The third-order valence-corrected chi connectivity index (χ3v) is 5.59. The van der Waals surface area contributed by atoms with E-state index in [1.165, 1.54) is 11.3 Å². The normalized spacial score (nSPS) is 12.9. The van der Waals surface area contributed by atoms with Crippen molar-refractivity contribution in [2.45, 2.75) is 26.0 Å². The molecule has 0 spiro atoms. The van der Waals surface area contributed by atoms with Crippen molar-refractivity contribution in [1.82, 2.24) is 29.1 Å². The van der Waals surface area contributed by atoms with Gasteiger partial charge in [0.05, 0.1) is 5.69 Å². The van der Waals surface area contributed by atoms with Crippen LogP contribution in [0.2, 0.25) is 0 Å². The predicted octanol–water partition coefficient (Wildman–Crippen LogP) is 4.18. The van der Waals surface area contributed by atoms with Crippen molar-refractivity contribution < 1.29 is 4.74 Å². The lowest BCUT2D eigenvalue weighted by Gasteiger charge is -2.08. The molecular weight excluding hydrogens is 388 g/mol. The highest BCUT2D eigenvalue weighted by Gasteiger charge is 2.23. The summed E-state index contributed by atoms with van der Waals surface area (Å²) in [4.78, 5) is 13.0. The van der Waals surface area contributed by atoms with Gasteiger partial charge in [-0.1, -0.05) is 12.1 Å². The van der Waals surface area contributed by atoms with Gasteiger partial charge in [-0.3, -0.25) is 14.1 Å². The summed E-state index contributed by atoms with van der Waals surface area (Å²) in [5.41, 5.74) is 6.52. The molecule has 7 heteroatoms. The summed E-state index contributed by atoms with van der Waals surface area (Å²) in [6.07, 6.45) is 11.4. The first kappa shape index (κ1) is 17.8. The fourth-order valence-corrected chi connectivity index (χ4v) is 4.16. The molecule has 0 atom stereocenters. The minimum absolute atomic E-state index is 0.396. The van der Waals surface area contributed by atoms with Gasteiger partial charge in [-0.15, -0.1) is 0 Å². The van der Waals surface area contributed by atoms with E-state index >= 15 is 0 Å². The number of nitrogens with zero attached hydrogens (tertiary/aromatic N) is 6. The van der Waals surface area contributed by atoms with Gasteiger partial charge in [0.15, 0.2) is 0 Å². The molecule has 0 saturated heterocycles. The van der Waals surface area contributed by atoms with Crippen LogP contribution in [-0.4, -0.2) is 29.1 Å². The molecule has 1 aliphatic heterocycles. The molecule has 152 valence electrons. The van der Waals surface area contributed by atoms with Gasteiger partial charge >= 0.3 is 0 Å². The Bertz CT molecular complexity index is 1320. The number of rotatable bonds is 5. The van der Waals surface area contributed by atoms with E-state index in [2.05, 4.69) is 37.8 Å². The minimum atomic E-state index is 0.396. The van der Waals surface area contributed by atoms with E-state index < -0.39 is 0 Å². The van der Waals surface area contributed by atoms with E-state index in [9.17, 15) is 0 Å². The zero-order valence-electron chi connectivity index (χ0n) is 16.8. The van der Waals surface area contributed by atoms with Crippen LogP contribution in [0.3, 0.4) is 0 Å². The van der Waals surface area contributed by atoms with Crippen molar-refractivity contribution in [2.24, 2.45) is 0 Å². The molecule has 0 fully saturated rings. The molecule has 4 aromatic heterocycles. The fourth-order valence-electron chi connectivity index (χ4n) is 4.16. The van der Waals surface area contributed by atoms with Crippen molar-refractivity contribution in [3.63, 3.8) is 0 Å². The van der Waals surface area contributed by atoms with Gasteiger partial charge in [-0.25, -0.2) is 9.97 Å². The van der Waals surface area contributed by atoms with E-state index in [1.54, 1.807) is 12.4 Å². The molecule has 5 heterocycles. The quantitative estimate of drug-likeness (QED) is 0.436. The second-order valence-electron chi connectivity index (χ2n) is 7.61. The number of hydrogen-bond acceptors (Lipinski definition) is 5. The molecular formula is C24H20N6O. The summed E-state index contributed by atoms with van der Waals surface area (Å²) >= 11 is 0. The first-order chi connectivity index (χ1) is 15.3. The van der Waals surface area contributed by atoms with E-state index in [4.69, 9.17) is 9.84 Å². The number of aryl methyl sites for hydroxylation is 1. The van der Waals surface area contributed by atoms with Gasteiger partial charge in [-0.05, 0) is 48.7 Å². The smallest absolute Gasteiger partial charge is 0.234 e. The number of pyridine rings is 1. The maximum absolute atomic E-state index is 5.97. The second-order valence-corrected chi connectivity index (χ2v) is 7.61. The molecule has 1 aliphatic rings. The summed E-state index contributed by atoms with van der Waals surface area (Å²) in [5.74, 6) is 1.48. The van der Waals surface area contributed by atoms with Gasteiger partial charge in [0.2, 0.25) is 5.78 Å². The van der Waals surface area contributed by atoms with Crippen LogP contribution >= 0.6 is 0 Å². The molecule has 1 aromatic carbocycles. The number of ether oxygens (including phenoxy) is 1. The molecule has 0 bridgehead atoms. The van der Waals surface area contributed by atoms with Gasteiger partial charge in [0.1, 0.15) is 18.1 Å². The summed E-state index contributed by atoms with van der Waals surface area (Å²) in [5, 5.41) is 4.89. The van der Waals surface area contributed by atoms with Crippen molar-refractivity contribution in [1.29, 1.82) is 0 Å². The first-order valence-electron chi connectivity index (χ1n) is 10.4. The highest BCUT2D eigenvalue weighted by Crippen LogP contribution is 2.37. The van der Waals surface area contributed by atoms with Crippen LogP contribution < -0.4 is 4.74 Å². The highest BCUT2D eigenvalue weighted by atomic mass is 16.5. The fraction of sp³-hybridized carbons (Fsp3) is 0.167. The third-order valence-electron chi connectivity index (χ3n) is 5.59. The van der Waals surface area contributed by atoms with E-state index in [0.717, 1.165) is 47.7 Å². The first-order valence-corrected chi connectivity index (χ1v) is 10.4. The number of fused-ring (bicyclic) bond motifs is 2. The van der Waals surface area contributed by atoms with Crippen LogP contribution in [0.15, 0.2) is 73.4 Å². The molecule has 0 unspecified atom stereocenters. The average Bonchev–Trinajstić information content (AvgIpc) is 3.52. The number of aromatic nitrogens is 6. The molecule has 0 radical (unpaired) electrons. The Morgan fingerprint density at radius 1 is 1.00 bits per heavy atom. The van der Waals surface area contributed by atoms with Gasteiger partial charge in [0.25, 0.3) is 0 Å². The van der Waals surface area contributed by atoms with Crippen LogP contribution in [0.4, 0.5) is 0 Å². The summed E-state index contributed by atoms with van der Waals surface area (Å²) in [6.45, 7) is 1.37. The van der Waals surface area contributed by atoms with Crippen molar-refractivity contribution >= 4 is 5.78 Å². The Hall–Kier alpha value is -4.00. The molecule has 31 heavy (non-hydrogen) atoms. The molecule has 5 aromatic rings. The topological polar surface area (TPSA) is 70.1 Å². The van der Waals surface area contributed by atoms with Crippen LogP contribution in [0, 0.1) is 0 Å². The highest BCUT2D eigenvalue weighted by molar-refractivity contribution is 5.83. The Morgan fingerprint density at radius 2 is 1.94 bits per heavy atom. The maximum Gasteiger partial charge on any atom is 0.234 e. The Labute approximate surface area is 179 Å². The summed E-state index contributed by atoms with van der Waals surface area (Å²) in [7, 11) is 0. The van der Waals surface area contributed by atoms with Crippen LogP contribution in [0.5, 0.6) is 5.75 Å². The zero-order valence-corrected chi connectivity index (χ0v) is 16.8. The van der Waals surface area contributed by atoms with E-state index in [-0.39, 0.29) is 0 Å². The predicted molar refractivity (Wildman–Crippen MR) is 117 cm³/mol. The molecule has 7 nitrogen and oxygen atoms in total. The monoisotopic (exact) mass is 408 g/mol. The van der Waals surface area contributed by atoms with Crippen molar-refractivity contribution in [3.8, 4) is 28.1 Å². The lowest BCUT2D eigenvalue weighted by atomic mass is 9.98. The SMILES string of the molecule is c1cncc(-c2nn3c(c2-c2ccc(OCc4cn5cccnc5n4)cc2)CCC3)c1. The van der Waals surface area contributed by atoms with Crippen molar-refractivity contribution in [2.75, 3.05) is 0 Å². The maximum atomic E-state index is 5.97. The second kappa shape index (κ2) is 7.36. The van der Waals surface area contributed by atoms with Crippen LogP contribution in [0.25, 0.3) is 28.2 Å². The van der Waals surface area contributed by atoms with Crippen LogP contribution in [-0.2, 0) is 19.6 Å². The molecule has 0 aliphatic carbocycles. The lowest BCUT2D eigenvalue weighted by molar-refractivity contribution is 0.302. The van der Waals surface area contributed by atoms with Crippen molar-refractivity contribution in [3.05, 3.63) is 84.8 Å². The van der Waals surface area contributed by atoms with Gasteiger partial charge in [-0.2, -0.15) is 5.10 Å². The third kappa shape index (κ3) is 3.24. The summed E-state index contributed by atoms with van der Waals surface area (Å²) < 4.78 is 10.00. The molecule has 0 saturated carbocycles. The minimum Gasteiger partial charge on any atom is -0.487 e. The Morgan fingerprint density at radius 3 is 2.77 bits per heavy atom. The van der Waals surface area contributed by atoms with Gasteiger partial charge < -0.3 is 4.74 Å². The van der Waals surface area contributed by atoms with E-state index in [1.807, 2.05) is 47.3 Å². The Kier molecular flexibility index (Phi) is 4.23. The largest absolute Gasteiger partial charge is 0.487 e. The molecule has 0 N–H and O–H groups in total. The summed E-state index contributed by atoms with van der Waals surface area (Å²) in [6, 6.07) is 14.1. The average molecular weight is 408 g/mol. The van der Waals surface area contributed by atoms with Crippen LogP contribution in [0.1, 0.15) is 17.8 Å². The number of hydrogen-bond donors (Lipinski definition) is 0.